The molecule has 0 saturated carbocycles. The summed E-state index contributed by atoms with van der Waals surface area (Å²) in [5.74, 6) is 0.741. The SMILES string of the molecule is NCc1ccc(N2C=C3C=C(c4cccc(OCCOCCCO)c4)NC3NC2=O)cc1. The first-order valence-electron chi connectivity index (χ1n) is 10.7. The molecule has 0 bridgehead atoms. The van der Waals surface area contributed by atoms with Crippen LogP contribution in [0.1, 0.15) is 17.5 Å². The summed E-state index contributed by atoms with van der Waals surface area (Å²) in [5.41, 5.74) is 10.3. The number of hydrogen-bond acceptors (Lipinski definition) is 6. The van der Waals surface area contributed by atoms with Crippen LogP contribution in [-0.2, 0) is 11.3 Å². The van der Waals surface area contributed by atoms with Crippen molar-refractivity contribution >= 4 is 17.4 Å². The highest BCUT2D eigenvalue weighted by Crippen LogP contribution is 2.29. The van der Waals surface area contributed by atoms with Crippen molar-refractivity contribution in [2.75, 3.05) is 31.3 Å². The molecule has 0 fully saturated rings. The average Bonchev–Trinajstić information content (AvgIpc) is 3.24. The van der Waals surface area contributed by atoms with Gasteiger partial charge in [0.25, 0.3) is 0 Å². The Labute approximate surface area is 187 Å². The van der Waals surface area contributed by atoms with E-state index in [2.05, 4.69) is 10.6 Å². The van der Waals surface area contributed by atoms with E-state index in [0.29, 0.717) is 32.8 Å². The van der Waals surface area contributed by atoms with Gasteiger partial charge in [-0.15, -0.1) is 0 Å². The summed E-state index contributed by atoms with van der Waals surface area (Å²) in [4.78, 5) is 14.2. The van der Waals surface area contributed by atoms with Gasteiger partial charge in [0, 0.05) is 42.8 Å². The van der Waals surface area contributed by atoms with E-state index in [9.17, 15) is 4.79 Å². The molecule has 4 rings (SSSR count). The van der Waals surface area contributed by atoms with Crippen LogP contribution in [0, 0.1) is 0 Å². The van der Waals surface area contributed by atoms with Crippen LogP contribution in [0.3, 0.4) is 0 Å². The first kappa shape index (κ1) is 21.9. The molecule has 5 N–H and O–H groups in total. The average molecular weight is 437 g/mol. The molecular weight excluding hydrogens is 408 g/mol. The smallest absolute Gasteiger partial charge is 0.327 e. The number of carbonyl (C=O) groups is 1. The van der Waals surface area contributed by atoms with Crippen molar-refractivity contribution in [3.05, 3.63) is 77.5 Å². The van der Waals surface area contributed by atoms with E-state index in [1.165, 1.54) is 0 Å². The van der Waals surface area contributed by atoms with Gasteiger partial charge in [0.15, 0.2) is 0 Å². The summed E-state index contributed by atoms with van der Waals surface area (Å²) in [6.07, 6.45) is 4.23. The number of aliphatic hydroxyl groups excluding tert-OH is 1. The Bertz CT molecular complexity index is 1000. The minimum absolute atomic E-state index is 0.126. The molecule has 2 aliphatic rings. The van der Waals surface area contributed by atoms with E-state index in [4.69, 9.17) is 20.3 Å². The maximum absolute atomic E-state index is 12.6. The Balaban J connectivity index is 1.43. The van der Waals surface area contributed by atoms with Gasteiger partial charge in [-0.2, -0.15) is 0 Å². The lowest BCUT2D eigenvalue weighted by Crippen LogP contribution is -2.51. The maximum Gasteiger partial charge on any atom is 0.327 e. The second-order valence-electron chi connectivity index (χ2n) is 7.52. The van der Waals surface area contributed by atoms with Crippen LogP contribution in [0.15, 0.2) is 66.4 Å². The number of nitrogens with one attached hydrogen (secondary N) is 2. The van der Waals surface area contributed by atoms with Crippen molar-refractivity contribution in [3.8, 4) is 5.75 Å². The molecule has 8 heteroatoms. The minimum Gasteiger partial charge on any atom is -0.491 e. The lowest BCUT2D eigenvalue weighted by Gasteiger charge is -2.29. The second-order valence-corrected chi connectivity index (χ2v) is 7.52. The molecule has 2 aromatic rings. The highest BCUT2D eigenvalue weighted by atomic mass is 16.5. The van der Waals surface area contributed by atoms with Gasteiger partial charge in [-0.25, -0.2) is 4.79 Å². The molecule has 0 spiro atoms. The zero-order valence-corrected chi connectivity index (χ0v) is 17.8. The number of nitrogens with two attached hydrogens (primary N) is 1. The fourth-order valence-corrected chi connectivity index (χ4v) is 3.55. The van der Waals surface area contributed by atoms with Gasteiger partial charge in [-0.1, -0.05) is 24.3 Å². The molecule has 32 heavy (non-hydrogen) atoms. The van der Waals surface area contributed by atoms with E-state index < -0.39 is 0 Å². The Hall–Kier alpha value is -3.33. The number of amides is 2. The number of urea groups is 1. The van der Waals surface area contributed by atoms with E-state index in [1.54, 1.807) is 4.90 Å². The summed E-state index contributed by atoms with van der Waals surface area (Å²) in [6.45, 7) is 2.01. The number of nitrogens with zero attached hydrogens (tertiary/aromatic N) is 1. The number of ether oxygens (including phenoxy) is 2. The molecule has 1 unspecified atom stereocenters. The molecule has 0 aliphatic carbocycles. The van der Waals surface area contributed by atoms with Gasteiger partial charge in [0.05, 0.1) is 12.3 Å². The second kappa shape index (κ2) is 10.3. The Morgan fingerprint density at radius 2 is 1.91 bits per heavy atom. The number of hydrogen-bond donors (Lipinski definition) is 4. The molecule has 168 valence electrons. The third-order valence-corrected chi connectivity index (χ3v) is 5.25. The van der Waals surface area contributed by atoms with Crippen molar-refractivity contribution in [2.45, 2.75) is 19.1 Å². The van der Waals surface area contributed by atoms with Crippen LogP contribution < -0.4 is 26.0 Å². The Kier molecular flexibility index (Phi) is 7.06. The lowest BCUT2D eigenvalue weighted by molar-refractivity contribution is 0.0883. The van der Waals surface area contributed by atoms with E-state index in [1.807, 2.05) is 60.8 Å². The lowest BCUT2D eigenvalue weighted by atomic mass is 10.1. The molecule has 1 atom stereocenters. The van der Waals surface area contributed by atoms with E-state index in [-0.39, 0.29) is 18.8 Å². The van der Waals surface area contributed by atoms with Crippen molar-refractivity contribution in [1.82, 2.24) is 10.6 Å². The number of rotatable bonds is 10. The molecule has 0 saturated heterocycles. The largest absolute Gasteiger partial charge is 0.491 e. The number of benzene rings is 2. The highest BCUT2D eigenvalue weighted by molar-refractivity contribution is 5.96. The van der Waals surface area contributed by atoms with Gasteiger partial charge in [0.1, 0.15) is 18.5 Å². The number of anilines is 1. The number of aliphatic hydroxyl groups is 1. The molecule has 2 amide bonds. The molecule has 0 radical (unpaired) electrons. The predicted molar refractivity (Wildman–Crippen MR) is 123 cm³/mol. The van der Waals surface area contributed by atoms with Crippen molar-refractivity contribution in [2.24, 2.45) is 5.73 Å². The molecule has 8 nitrogen and oxygen atoms in total. The van der Waals surface area contributed by atoms with Crippen LogP contribution in [-0.4, -0.2) is 43.7 Å². The van der Waals surface area contributed by atoms with Crippen LogP contribution in [0.5, 0.6) is 5.75 Å². The summed E-state index contributed by atoms with van der Waals surface area (Å²) in [6, 6.07) is 15.2. The fraction of sp³-hybridized carbons (Fsp3) is 0.292. The standard InChI is InChI=1S/C24H28N4O4/c25-15-17-5-7-20(8-6-17)28-16-19-14-22(26-23(19)27-24(28)30)18-3-1-4-21(13-18)32-12-11-31-10-2-9-29/h1,3-8,13-14,16,23,26,29H,2,9-12,15,25H2,(H,27,30). The van der Waals surface area contributed by atoms with Gasteiger partial charge >= 0.3 is 6.03 Å². The zero-order valence-electron chi connectivity index (χ0n) is 17.8. The van der Waals surface area contributed by atoms with Gasteiger partial charge < -0.3 is 30.9 Å². The predicted octanol–water partition coefficient (Wildman–Crippen LogP) is 2.31. The summed E-state index contributed by atoms with van der Waals surface area (Å²) >= 11 is 0. The summed E-state index contributed by atoms with van der Waals surface area (Å²) in [5, 5.41) is 15.1. The van der Waals surface area contributed by atoms with Crippen molar-refractivity contribution in [1.29, 1.82) is 0 Å². The van der Waals surface area contributed by atoms with Gasteiger partial charge in [0.2, 0.25) is 0 Å². The van der Waals surface area contributed by atoms with Gasteiger partial charge in [-0.05, 0) is 42.3 Å². The number of fused-ring (bicyclic) bond motifs is 1. The summed E-state index contributed by atoms with van der Waals surface area (Å²) < 4.78 is 11.2. The van der Waals surface area contributed by atoms with Crippen molar-refractivity contribution < 1.29 is 19.4 Å². The third kappa shape index (κ3) is 5.11. The van der Waals surface area contributed by atoms with Gasteiger partial charge in [-0.3, -0.25) is 4.90 Å². The maximum atomic E-state index is 12.6. The topological polar surface area (TPSA) is 109 Å². The summed E-state index contributed by atoms with van der Waals surface area (Å²) in [7, 11) is 0. The zero-order chi connectivity index (χ0) is 22.3. The Morgan fingerprint density at radius 3 is 2.69 bits per heavy atom. The van der Waals surface area contributed by atoms with Crippen LogP contribution in [0.2, 0.25) is 0 Å². The van der Waals surface area contributed by atoms with E-state index in [0.717, 1.165) is 33.8 Å². The fourth-order valence-electron chi connectivity index (χ4n) is 3.55. The molecule has 2 heterocycles. The normalized spacial score (nSPS) is 17.2. The van der Waals surface area contributed by atoms with Crippen LogP contribution >= 0.6 is 0 Å². The van der Waals surface area contributed by atoms with Crippen molar-refractivity contribution in [3.63, 3.8) is 0 Å². The first-order valence-corrected chi connectivity index (χ1v) is 10.7. The quantitative estimate of drug-likeness (QED) is 0.426. The monoisotopic (exact) mass is 436 g/mol. The van der Waals surface area contributed by atoms with Crippen LogP contribution in [0.25, 0.3) is 5.70 Å². The Morgan fingerprint density at radius 1 is 1.06 bits per heavy atom. The first-order chi connectivity index (χ1) is 15.7. The molecule has 2 aromatic carbocycles. The molecular formula is C24H28N4O4. The molecule has 2 aliphatic heterocycles. The van der Waals surface area contributed by atoms with E-state index >= 15 is 0 Å². The molecule has 0 aromatic heterocycles. The van der Waals surface area contributed by atoms with Crippen LogP contribution in [0.4, 0.5) is 10.5 Å². The highest BCUT2D eigenvalue weighted by Gasteiger charge is 2.31. The third-order valence-electron chi connectivity index (χ3n) is 5.25. The minimum atomic E-state index is -0.276. The number of carbonyl (C=O) groups excluding carboxylic acids is 1.